The number of methoxy groups -OCH3 is 1. The van der Waals surface area contributed by atoms with E-state index in [9.17, 15) is 0 Å². The number of hydrogen-bond donors (Lipinski definition) is 1. The molecule has 1 aromatic carbocycles. The number of ether oxygens (including phenoxy) is 1. The molecule has 4 heteroatoms. The highest BCUT2D eigenvalue weighted by atomic mass is 35.5. The van der Waals surface area contributed by atoms with Crippen molar-refractivity contribution in [3.63, 3.8) is 0 Å². The van der Waals surface area contributed by atoms with Gasteiger partial charge in [0.25, 0.3) is 0 Å². The second-order valence-corrected chi connectivity index (χ2v) is 6.65. The molecule has 0 aliphatic heterocycles. The van der Waals surface area contributed by atoms with Crippen LogP contribution in [0, 0.1) is 5.92 Å². The Morgan fingerprint density at radius 1 is 1.19 bits per heavy atom. The van der Waals surface area contributed by atoms with E-state index in [0.29, 0.717) is 22.7 Å². The van der Waals surface area contributed by atoms with Crippen LogP contribution < -0.4 is 10.1 Å². The fourth-order valence-electron chi connectivity index (χ4n) is 3.24. The van der Waals surface area contributed by atoms with Gasteiger partial charge in [-0.1, -0.05) is 49.4 Å². The first kappa shape index (κ1) is 16.9. The second kappa shape index (κ2) is 8.26. The number of benzene rings is 1. The lowest BCUT2D eigenvalue weighted by Gasteiger charge is -2.32. The van der Waals surface area contributed by atoms with Gasteiger partial charge in [0.15, 0.2) is 0 Å². The fourth-order valence-corrected chi connectivity index (χ4v) is 3.76. The van der Waals surface area contributed by atoms with E-state index in [0.717, 1.165) is 23.6 Å². The van der Waals surface area contributed by atoms with Crippen LogP contribution in [-0.4, -0.2) is 13.7 Å². The molecule has 1 atom stereocenters. The number of rotatable bonds is 6. The lowest BCUT2D eigenvalue weighted by Crippen LogP contribution is -2.30. The molecular weight excluding hydrogens is 305 g/mol. The molecule has 21 heavy (non-hydrogen) atoms. The Kier molecular flexibility index (Phi) is 6.66. The van der Waals surface area contributed by atoms with Crippen LogP contribution in [0.15, 0.2) is 12.1 Å². The molecule has 1 fully saturated rings. The third kappa shape index (κ3) is 4.28. The lowest BCUT2D eigenvalue weighted by atomic mass is 9.81. The van der Waals surface area contributed by atoms with Crippen molar-refractivity contribution >= 4 is 23.2 Å². The first-order valence-electron chi connectivity index (χ1n) is 7.93. The normalized spacial score (nSPS) is 17.7. The third-order valence-electron chi connectivity index (χ3n) is 4.34. The van der Waals surface area contributed by atoms with Crippen molar-refractivity contribution < 1.29 is 4.74 Å². The third-order valence-corrected chi connectivity index (χ3v) is 4.96. The Morgan fingerprint density at radius 3 is 2.52 bits per heavy atom. The van der Waals surface area contributed by atoms with Gasteiger partial charge >= 0.3 is 0 Å². The van der Waals surface area contributed by atoms with Crippen LogP contribution in [0.3, 0.4) is 0 Å². The summed E-state index contributed by atoms with van der Waals surface area (Å²) >= 11 is 12.8. The highest BCUT2D eigenvalue weighted by Crippen LogP contribution is 2.40. The van der Waals surface area contributed by atoms with Crippen LogP contribution >= 0.6 is 23.2 Å². The number of hydrogen-bond acceptors (Lipinski definition) is 2. The average molecular weight is 330 g/mol. The zero-order chi connectivity index (χ0) is 15.2. The van der Waals surface area contributed by atoms with Crippen LogP contribution in [-0.2, 0) is 0 Å². The molecule has 0 heterocycles. The van der Waals surface area contributed by atoms with Gasteiger partial charge in [0, 0.05) is 17.1 Å². The van der Waals surface area contributed by atoms with Crippen molar-refractivity contribution in [2.45, 2.75) is 51.5 Å². The Hall–Kier alpha value is -0.440. The monoisotopic (exact) mass is 329 g/mol. The summed E-state index contributed by atoms with van der Waals surface area (Å²) in [5.41, 5.74) is 1.11. The first-order chi connectivity index (χ1) is 10.2. The van der Waals surface area contributed by atoms with Crippen molar-refractivity contribution in [2.75, 3.05) is 13.7 Å². The standard InChI is InChI=1S/C17H25Cl2NO/c1-3-9-20-17(12-7-5-4-6-8-12)13-10-15(19)16(21-2)11-14(13)18/h10-12,17,20H,3-9H2,1-2H3. The van der Waals surface area contributed by atoms with Gasteiger partial charge < -0.3 is 10.1 Å². The van der Waals surface area contributed by atoms with E-state index in [1.807, 2.05) is 12.1 Å². The van der Waals surface area contributed by atoms with Gasteiger partial charge in [0.1, 0.15) is 5.75 Å². The molecule has 1 aromatic rings. The number of nitrogens with one attached hydrogen (secondary N) is 1. The topological polar surface area (TPSA) is 21.3 Å². The summed E-state index contributed by atoms with van der Waals surface area (Å²) in [6.45, 7) is 3.19. The molecule has 0 radical (unpaired) electrons. The minimum absolute atomic E-state index is 0.293. The van der Waals surface area contributed by atoms with Crippen molar-refractivity contribution in [2.24, 2.45) is 5.92 Å². The summed E-state index contributed by atoms with van der Waals surface area (Å²) in [6.07, 6.45) is 7.63. The van der Waals surface area contributed by atoms with Crippen LogP contribution in [0.5, 0.6) is 5.75 Å². The molecule has 1 N–H and O–H groups in total. The molecule has 1 aliphatic rings. The van der Waals surface area contributed by atoms with Crippen molar-refractivity contribution in [1.29, 1.82) is 0 Å². The summed E-state index contributed by atoms with van der Waals surface area (Å²) in [5.74, 6) is 1.29. The maximum atomic E-state index is 6.49. The second-order valence-electron chi connectivity index (χ2n) is 5.84. The van der Waals surface area contributed by atoms with Gasteiger partial charge in [-0.25, -0.2) is 0 Å². The van der Waals surface area contributed by atoms with Gasteiger partial charge in [0.2, 0.25) is 0 Å². The fraction of sp³-hybridized carbons (Fsp3) is 0.647. The quantitative estimate of drug-likeness (QED) is 0.730. The lowest BCUT2D eigenvalue weighted by molar-refractivity contribution is 0.272. The molecule has 118 valence electrons. The van der Waals surface area contributed by atoms with E-state index in [2.05, 4.69) is 12.2 Å². The highest BCUT2D eigenvalue weighted by molar-refractivity contribution is 6.34. The van der Waals surface area contributed by atoms with Crippen LogP contribution in [0.4, 0.5) is 0 Å². The molecule has 0 spiro atoms. The molecule has 1 saturated carbocycles. The predicted molar refractivity (Wildman–Crippen MR) is 90.6 cm³/mol. The van der Waals surface area contributed by atoms with Crippen LogP contribution in [0.25, 0.3) is 0 Å². The maximum absolute atomic E-state index is 6.49. The smallest absolute Gasteiger partial charge is 0.138 e. The largest absolute Gasteiger partial charge is 0.495 e. The van der Waals surface area contributed by atoms with Crippen LogP contribution in [0.1, 0.15) is 57.1 Å². The zero-order valence-electron chi connectivity index (χ0n) is 12.9. The van der Waals surface area contributed by atoms with Crippen LogP contribution in [0.2, 0.25) is 10.0 Å². The molecular formula is C17H25Cl2NO. The van der Waals surface area contributed by atoms with E-state index >= 15 is 0 Å². The molecule has 1 unspecified atom stereocenters. The average Bonchev–Trinajstić information content (AvgIpc) is 2.51. The minimum Gasteiger partial charge on any atom is -0.495 e. The summed E-state index contributed by atoms with van der Waals surface area (Å²) in [4.78, 5) is 0. The molecule has 2 nitrogen and oxygen atoms in total. The van der Waals surface area contributed by atoms with E-state index in [-0.39, 0.29) is 0 Å². The summed E-state index contributed by atoms with van der Waals surface area (Å²) in [7, 11) is 1.62. The molecule has 0 saturated heterocycles. The van der Waals surface area contributed by atoms with Crippen molar-refractivity contribution in [3.8, 4) is 5.75 Å². The summed E-state index contributed by atoms with van der Waals surface area (Å²) < 4.78 is 5.25. The molecule has 0 aromatic heterocycles. The van der Waals surface area contributed by atoms with Gasteiger partial charge in [-0.15, -0.1) is 0 Å². The van der Waals surface area contributed by atoms with Gasteiger partial charge in [-0.2, -0.15) is 0 Å². The van der Waals surface area contributed by atoms with Gasteiger partial charge in [0.05, 0.1) is 12.1 Å². The van der Waals surface area contributed by atoms with Gasteiger partial charge in [-0.05, 0) is 43.4 Å². The minimum atomic E-state index is 0.293. The van der Waals surface area contributed by atoms with Crippen molar-refractivity contribution in [1.82, 2.24) is 5.32 Å². The SMILES string of the molecule is CCCNC(c1cc(Cl)c(OC)cc1Cl)C1CCCCC1. The maximum Gasteiger partial charge on any atom is 0.138 e. The Bertz CT molecular complexity index is 458. The van der Waals surface area contributed by atoms with E-state index < -0.39 is 0 Å². The Balaban J connectivity index is 2.28. The van der Waals surface area contributed by atoms with Crippen molar-refractivity contribution in [3.05, 3.63) is 27.7 Å². The molecule has 1 aliphatic carbocycles. The molecule has 0 amide bonds. The number of halogens is 2. The van der Waals surface area contributed by atoms with E-state index in [1.54, 1.807) is 7.11 Å². The summed E-state index contributed by atoms with van der Waals surface area (Å²) in [6, 6.07) is 4.11. The summed E-state index contributed by atoms with van der Waals surface area (Å²) in [5, 5.41) is 5.06. The zero-order valence-corrected chi connectivity index (χ0v) is 14.4. The first-order valence-corrected chi connectivity index (χ1v) is 8.69. The highest BCUT2D eigenvalue weighted by Gasteiger charge is 2.27. The predicted octanol–water partition coefficient (Wildman–Crippen LogP) is 5.62. The Morgan fingerprint density at radius 2 is 1.90 bits per heavy atom. The molecule has 2 rings (SSSR count). The molecule has 0 bridgehead atoms. The van der Waals surface area contributed by atoms with Gasteiger partial charge in [-0.3, -0.25) is 0 Å². The van der Waals surface area contributed by atoms with E-state index in [1.165, 1.54) is 32.1 Å². The van der Waals surface area contributed by atoms with E-state index in [4.69, 9.17) is 27.9 Å². The Labute approximate surface area is 138 Å².